The average Bonchev–Trinajstić information content (AvgIpc) is 2.40. The number of rotatable bonds is 10. The lowest BCUT2D eigenvalue weighted by atomic mass is 10.0. The smallest absolute Gasteiger partial charge is 0.0938 e. The Morgan fingerprint density at radius 1 is 0.833 bits per heavy atom. The molecule has 0 radical (unpaired) electrons. The van der Waals surface area contributed by atoms with Gasteiger partial charge in [-0.05, 0) is 25.7 Å². The van der Waals surface area contributed by atoms with Gasteiger partial charge < -0.3 is 15.9 Å². The number of nitrogens with zero attached hydrogens (tertiary/aromatic N) is 1. The molecule has 0 amide bonds. The van der Waals surface area contributed by atoms with Gasteiger partial charge in [-0.15, -0.1) is 0 Å². The van der Waals surface area contributed by atoms with Crippen LogP contribution in [-0.2, 0) is 0 Å². The van der Waals surface area contributed by atoms with Gasteiger partial charge in [0.2, 0.25) is 0 Å². The van der Waals surface area contributed by atoms with E-state index in [0.29, 0.717) is 18.6 Å². The van der Waals surface area contributed by atoms with Crippen LogP contribution in [0.5, 0.6) is 0 Å². The summed E-state index contributed by atoms with van der Waals surface area (Å²) < 4.78 is 0. The van der Waals surface area contributed by atoms with E-state index in [0.717, 1.165) is 25.7 Å². The normalized spacial score (nSPS) is 15.7. The standard InChI is InChI=1S/C14H32N2O2/c1-5-11(6-2)16(12(7-3)8-4)10-14(18)13(17)9-15/h11-14,17-18H,5-10,15H2,1-4H3. The molecular formula is C14H32N2O2. The highest BCUT2D eigenvalue weighted by Crippen LogP contribution is 2.18. The zero-order valence-corrected chi connectivity index (χ0v) is 12.5. The maximum Gasteiger partial charge on any atom is 0.0938 e. The minimum atomic E-state index is -0.823. The number of aliphatic hydroxyl groups excluding tert-OH is 2. The highest BCUT2D eigenvalue weighted by atomic mass is 16.3. The van der Waals surface area contributed by atoms with E-state index in [1.807, 2.05) is 0 Å². The first-order chi connectivity index (χ1) is 8.55. The van der Waals surface area contributed by atoms with Crippen LogP contribution >= 0.6 is 0 Å². The highest BCUT2D eigenvalue weighted by Gasteiger charge is 2.26. The van der Waals surface area contributed by atoms with Gasteiger partial charge in [0.15, 0.2) is 0 Å². The molecule has 0 aromatic heterocycles. The summed E-state index contributed by atoms with van der Waals surface area (Å²) in [5.74, 6) is 0. The summed E-state index contributed by atoms with van der Waals surface area (Å²) in [6, 6.07) is 0.934. The third-order valence-corrected chi connectivity index (χ3v) is 3.91. The molecule has 0 bridgehead atoms. The van der Waals surface area contributed by atoms with E-state index in [2.05, 4.69) is 32.6 Å². The maximum absolute atomic E-state index is 10.00. The molecule has 0 aliphatic heterocycles. The van der Waals surface area contributed by atoms with Crippen molar-refractivity contribution in [1.29, 1.82) is 0 Å². The molecule has 2 atom stereocenters. The molecule has 4 N–H and O–H groups in total. The lowest BCUT2D eigenvalue weighted by Gasteiger charge is -2.38. The van der Waals surface area contributed by atoms with Crippen molar-refractivity contribution in [1.82, 2.24) is 4.90 Å². The third kappa shape index (κ3) is 5.22. The van der Waals surface area contributed by atoms with Gasteiger partial charge in [0, 0.05) is 25.2 Å². The van der Waals surface area contributed by atoms with E-state index >= 15 is 0 Å². The Morgan fingerprint density at radius 2 is 1.22 bits per heavy atom. The number of aliphatic hydroxyl groups is 2. The van der Waals surface area contributed by atoms with Gasteiger partial charge in [0.1, 0.15) is 0 Å². The van der Waals surface area contributed by atoms with Crippen LogP contribution in [0.3, 0.4) is 0 Å². The third-order valence-electron chi connectivity index (χ3n) is 3.91. The maximum atomic E-state index is 10.00. The minimum Gasteiger partial charge on any atom is -0.389 e. The fourth-order valence-electron chi connectivity index (χ4n) is 2.61. The van der Waals surface area contributed by atoms with Crippen molar-refractivity contribution in [3.8, 4) is 0 Å². The molecule has 0 spiro atoms. The molecule has 0 aromatic carbocycles. The van der Waals surface area contributed by atoms with Crippen molar-refractivity contribution in [2.75, 3.05) is 13.1 Å². The van der Waals surface area contributed by atoms with Gasteiger partial charge in [-0.3, -0.25) is 4.90 Å². The van der Waals surface area contributed by atoms with Crippen LogP contribution in [-0.4, -0.2) is 52.5 Å². The van der Waals surface area contributed by atoms with Crippen molar-refractivity contribution < 1.29 is 10.2 Å². The summed E-state index contributed by atoms with van der Waals surface area (Å²) >= 11 is 0. The molecule has 0 heterocycles. The molecule has 0 saturated heterocycles. The summed E-state index contributed by atoms with van der Waals surface area (Å²) in [7, 11) is 0. The van der Waals surface area contributed by atoms with Gasteiger partial charge in [0.25, 0.3) is 0 Å². The minimum absolute atomic E-state index is 0.112. The van der Waals surface area contributed by atoms with Crippen LogP contribution in [0.4, 0.5) is 0 Å². The van der Waals surface area contributed by atoms with E-state index in [4.69, 9.17) is 5.73 Å². The van der Waals surface area contributed by atoms with E-state index in [9.17, 15) is 10.2 Å². The second-order valence-electron chi connectivity index (χ2n) is 5.01. The molecule has 0 fully saturated rings. The topological polar surface area (TPSA) is 69.7 Å². The van der Waals surface area contributed by atoms with Gasteiger partial charge in [0.05, 0.1) is 12.2 Å². The van der Waals surface area contributed by atoms with Gasteiger partial charge in [-0.25, -0.2) is 0 Å². The van der Waals surface area contributed by atoms with Crippen LogP contribution in [0, 0.1) is 0 Å². The van der Waals surface area contributed by atoms with Crippen LogP contribution in [0.25, 0.3) is 0 Å². The van der Waals surface area contributed by atoms with Crippen LogP contribution in [0.1, 0.15) is 53.4 Å². The lowest BCUT2D eigenvalue weighted by Crippen LogP contribution is -2.50. The van der Waals surface area contributed by atoms with Crippen molar-refractivity contribution in [3.05, 3.63) is 0 Å². The van der Waals surface area contributed by atoms with Gasteiger partial charge >= 0.3 is 0 Å². The molecule has 2 unspecified atom stereocenters. The summed E-state index contributed by atoms with van der Waals surface area (Å²) in [5.41, 5.74) is 5.40. The average molecular weight is 260 g/mol. The Balaban J connectivity index is 4.74. The van der Waals surface area contributed by atoms with E-state index < -0.39 is 12.2 Å². The number of hydrogen-bond donors (Lipinski definition) is 3. The first-order valence-electron chi connectivity index (χ1n) is 7.37. The molecular weight excluding hydrogens is 228 g/mol. The number of hydrogen-bond acceptors (Lipinski definition) is 4. The Kier molecular flexibility index (Phi) is 9.64. The zero-order valence-electron chi connectivity index (χ0n) is 12.5. The lowest BCUT2D eigenvalue weighted by molar-refractivity contribution is -0.0197. The van der Waals surface area contributed by atoms with E-state index in [1.165, 1.54) is 0 Å². The Labute approximate surface area is 112 Å². The zero-order chi connectivity index (χ0) is 14.1. The Hall–Kier alpha value is -0.160. The quantitative estimate of drug-likeness (QED) is 0.554. The SMILES string of the molecule is CCC(CC)N(CC(O)C(O)CN)C(CC)CC. The molecule has 4 heteroatoms. The molecule has 0 saturated carbocycles. The number of nitrogens with two attached hydrogens (primary N) is 1. The highest BCUT2D eigenvalue weighted by molar-refractivity contribution is 4.81. The Bertz CT molecular complexity index is 182. The fraction of sp³-hybridized carbons (Fsp3) is 1.00. The van der Waals surface area contributed by atoms with E-state index in [-0.39, 0.29) is 6.54 Å². The van der Waals surface area contributed by atoms with Gasteiger partial charge in [-0.1, -0.05) is 27.7 Å². The predicted octanol–water partition coefficient (Wildman–Crippen LogP) is 1.35. The van der Waals surface area contributed by atoms with Crippen molar-refractivity contribution in [3.63, 3.8) is 0 Å². The molecule has 0 rings (SSSR count). The largest absolute Gasteiger partial charge is 0.389 e. The van der Waals surface area contributed by atoms with Crippen LogP contribution in [0.15, 0.2) is 0 Å². The van der Waals surface area contributed by atoms with Crippen molar-refractivity contribution >= 4 is 0 Å². The first kappa shape index (κ1) is 17.8. The summed E-state index contributed by atoms with van der Waals surface area (Å²) in [6.07, 6.45) is 2.70. The summed E-state index contributed by atoms with van der Waals surface area (Å²) in [5, 5.41) is 19.6. The molecule has 18 heavy (non-hydrogen) atoms. The monoisotopic (exact) mass is 260 g/mol. The molecule has 0 aliphatic rings. The molecule has 4 nitrogen and oxygen atoms in total. The predicted molar refractivity (Wildman–Crippen MR) is 76.5 cm³/mol. The molecule has 0 aromatic rings. The second-order valence-corrected chi connectivity index (χ2v) is 5.01. The van der Waals surface area contributed by atoms with Gasteiger partial charge in [-0.2, -0.15) is 0 Å². The molecule has 110 valence electrons. The van der Waals surface area contributed by atoms with Crippen molar-refractivity contribution in [2.24, 2.45) is 5.73 Å². The second kappa shape index (κ2) is 9.73. The fourth-order valence-corrected chi connectivity index (χ4v) is 2.61. The summed E-state index contributed by atoms with van der Waals surface area (Å²) in [4.78, 5) is 2.35. The van der Waals surface area contributed by atoms with Crippen LogP contribution in [0.2, 0.25) is 0 Å². The molecule has 0 aliphatic carbocycles. The van der Waals surface area contributed by atoms with Crippen LogP contribution < -0.4 is 5.73 Å². The van der Waals surface area contributed by atoms with E-state index in [1.54, 1.807) is 0 Å². The van der Waals surface area contributed by atoms with Crippen molar-refractivity contribution in [2.45, 2.75) is 77.7 Å². The first-order valence-corrected chi connectivity index (χ1v) is 7.37. The summed E-state index contributed by atoms with van der Waals surface area (Å²) in [6.45, 7) is 9.33. The Morgan fingerprint density at radius 3 is 1.50 bits per heavy atom.